The van der Waals surface area contributed by atoms with E-state index in [1.807, 2.05) is 69.2 Å². The van der Waals surface area contributed by atoms with Gasteiger partial charge in [0.1, 0.15) is 28.5 Å². The number of esters is 8. The molecule has 0 spiro atoms. The van der Waals surface area contributed by atoms with Crippen molar-refractivity contribution in [1.82, 2.24) is 0 Å². The molecule has 0 aromatic heterocycles. The Kier molecular flexibility index (Phi) is 36.5. The maximum absolute atomic E-state index is 12.8. The van der Waals surface area contributed by atoms with Gasteiger partial charge in [-0.15, -0.1) is 0 Å². The minimum Gasteiger partial charge on any atom is -0.462 e. The average Bonchev–Trinajstić information content (AvgIpc) is 1.59. The van der Waals surface area contributed by atoms with Crippen LogP contribution in [0.4, 0.5) is 0 Å². The van der Waals surface area contributed by atoms with Crippen LogP contribution in [-0.2, 0) is 76.3 Å². The van der Waals surface area contributed by atoms with E-state index in [1.54, 1.807) is 0 Å². The Bertz CT molecular complexity index is 2560. The lowest BCUT2D eigenvalue weighted by molar-refractivity contribution is -0.214. The zero-order valence-electron chi connectivity index (χ0n) is 59.8. The molecule has 15 rings (SSSR count). The first-order chi connectivity index (χ1) is 43.9. The molecular formula is C85H154O16. The Morgan fingerprint density at radius 1 is 0.396 bits per heavy atom. The van der Waals surface area contributed by atoms with Gasteiger partial charge in [-0.3, -0.25) is 24.0 Å². The summed E-state index contributed by atoms with van der Waals surface area (Å²) in [6.07, 6.45) is 30.3. The summed E-state index contributed by atoms with van der Waals surface area (Å²) in [4.78, 5) is 97.5. The van der Waals surface area contributed by atoms with Crippen LogP contribution in [0.25, 0.3) is 0 Å². The second kappa shape index (κ2) is 38.9. The van der Waals surface area contributed by atoms with Gasteiger partial charge < -0.3 is 37.9 Å². The SMILES string of the molecule is C.C.C.C.C.C.C.C.CCC(C)(C)C(=O)OCC(=O)OC1(C)C2CC3CC(C2)CC1C3.CCC(C)(C)C(=O)OCC(=O)OC1(CC)C2CC3CC(C2)CC1C3.CCC(C)C(=O)OC1CC2CC(C(=O)OC3(CC)CCCC3)C1C2.CCC(C)C(=O)OCC(=O)OC1(C)C2CC3CC(C2)CC1C3. The number of rotatable bonds is 22. The van der Waals surface area contributed by atoms with Crippen LogP contribution in [0.15, 0.2) is 0 Å². The Balaban J connectivity index is 0.000000656. The molecule has 0 heterocycles. The van der Waals surface area contributed by atoms with Crippen molar-refractivity contribution in [2.24, 2.45) is 111 Å². The van der Waals surface area contributed by atoms with E-state index in [-0.39, 0.29) is 179 Å². The topological polar surface area (TPSA) is 210 Å². The first kappa shape index (κ1) is 94.8. The van der Waals surface area contributed by atoms with Gasteiger partial charge in [0.2, 0.25) is 0 Å². The molecule has 16 nitrogen and oxygen atoms in total. The van der Waals surface area contributed by atoms with Gasteiger partial charge in [0.25, 0.3) is 0 Å². The first-order valence-corrected chi connectivity index (χ1v) is 37.5. The number of ether oxygens (including phenoxy) is 8. The van der Waals surface area contributed by atoms with Crippen molar-refractivity contribution in [2.45, 2.75) is 365 Å². The highest BCUT2D eigenvalue weighted by molar-refractivity contribution is 5.81. The van der Waals surface area contributed by atoms with E-state index < -0.39 is 10.8 Å². The van der Waals surface area contributed by atoms with Crippen molar-refractivity contribution in [1.29, 1.82) is 0 Å². The van der Waals surface area contributed by atoms with E-state index in [0.717, 1.165) is 106 Å². The Hall–Kier alpha value is -4.24. The summed E-state index contributed by atoms with van der Waals surface area (Å²) in [6.45, 7) is 26.6. The molecule has 0 aliphatic heterocycles. The molecule has 590 valence electrons. The van der Waals surface area contributed by atoms with E-state index >= 15 is 0 Å². The molecule has 15 saturated carbocycles. The summed E-state index contributed by atoms with van der Waals surface area (Å²) < 4.78 is 45.1. The van der Waals surface area contributed by atoms with Gasteiger partial charge in [0.05, 0.1) is 28.6 Å². The van der Waals surface area contributed by atoms with E-state index in [0.29, 0.717) is 54.3 Å². The average molecular weight is 1430 g/mol. The predicted octanol–water partition coefficient (Wildman–Crippen LogP) is 20.5. The quantitative estimate of drug-likeness (QED) is 0.0729. The minimum atomic E-state index is -0.550. The third kappa shape index (κ3) is 21.1. The number of carbonyl (C=O) groups excluding carboxylic acids is 8. The molecule has 0 saturated heterocycles. The smallest absolute Gasteiger partial charge is 0.344 e. The summed E-state index contributed by atoms with van der Waals surface area (Å²) in [5.74, 6) is 6.20. The first-order valence-electron chi connectivity index (χ1n) is 37.5. The summed E-state index contributed by atoms with van der Waals surface area (Å²) in [5, 5.41) is 0. The molecular weight excluding hydrogens is 1280 g/mol. The van der Waals surface area contributed by atoms with Crippen molar-refractivity contribution in [3.63, 3.8) is 0 Å². The molecule has 0 aromatic rings. The monoisotopic (exact) mass is 1430 g/mol. The van der Waals surface area contributed by atoms with Crippen LogP contribution in [0.1, 0.15) is 336 Å². The standard InChI is InChI=1S/2C20H32O4.C19H30O4.C18H28O4.8CH4/c1-5-19(3,4)18(22)23-12-17(21)24-20(6-2)15-8-13-7-14(10-15)11-16(20)9-13;1-4-13(3)18(21)23-17-12-14-10-15(17)16(11-14)19(22)24-20(5-2)8-6-7-9-20;1-5-18(2,3)17(21)22-11-16(20)23-19(4)14-7-12-6-13(9-14)10-15(19)8-12;1-4-11(2)17(20)21-10-16(19)22-18(3)14-6-12-5-13(8-14)9-15(18)7-12;;;;;;;;/h13-16H,5-12H2,1-4H3;13-17H,4-12H2,1-3H3;12-15H,5-11H2,1-4H3;11-15H,4-10H2,1-3H3;8*1H4. The highest BCUT2D eigenvalue weighted by Gasteiger charge is 2.61. The fourth-order valence-electron chi connectivity index (χ4n) is 20.5. The van der Waals surface area contributed by atoms with Crippen molar-refractivity contribution in [2.75, 3.05) is 19.8 Å². The van der Waals surface area contributed by atoms with E-state index in [1.165, 1.54) is 96.3 Å². The van der Waals surface area contributed by atoms with Gasteiger partial charge in [-0.2, -0.15) is 0 Å². The van der Waals surface area contributed by atoms with Crippen LogP contribution in [0.2, 0.25) is 0 Å². The molecule has 0 radical (unpaired) electrons. The summed E-state index contributed by atoms with van der Waals surface area (Å²) in [7, 11) is 0. The molecule has 15 fully saturated rings. The number of fused-ring (bicyclic) bond motifs is 2. The lowest BCUT2D eigenvalue weighted by atomic mass is 9.49. The fourth-order valence-corrected chi connectivity index (χ4v) is 20.5. The second-order valence-corrected chi connectivity index (χ2v) is 33.8. The maximum atomic E-state index is 12.8. The number of hydrogen-bond acceptors (Lipinski definition) is 16. The van der Waals surface area contributed by atoms with Crippen LogP contribution in [0.5, 0.6) is 0 Å². The van der Waals surface area contributed by atoms with E-state index in [4.69, 9.17) is 37.9 Å². The molecule has 0 aromatic carbocycles. The van der Waals surface area contributed by atoms with Gasteiger partial charge in [-0.05, 0) is 298 Å². The minimum absolute atomic E-state index is 0. The molecule has 15 aliphatic rings. The van der Waals surface area contributed by atoms with Crippen LogP contribution >= 0.6 is 0 Å². The van der Waals surface area contributed by atoms with Gasteiger partial charge in [-0.1, -0.05) is 115 Å². The third-order valence-electron chi connectivity index (χ3n) is 27.2. The highest BCUT2D eigenvalue weighted by Crippen LogP contribution is 2.63. The van der Waals surface area contributed by atoms with Gasteiger partial charge in [0.15, 0.2) is 19.8 Å². The van der Waals surface area contributed by atoms with Gasteiger partial charge >= 0.3 is 47.8 Å². The number of hydrogen-bond donors (Lipinski definition) is 0. The fraction of sp³-hybridized carbons (Fsp3) is 0.906. The van der Waals surface area contributed by atoms with Gasteiger partial charge in [0, 0.05) is 5.92 Å². The van der Waals surface area contributed by atoms with Crippen molar-refractivity contribution in [3.05, 3.63) is 0 Å². The molecule has 15 aliphatic carbocycles. The van der Waals surface area contributed by atoms with Crippen LogP contribution in [0, 0.1) is 111 Å². The third-order valence-corrected chi connectivity index (χ3v) is 27.2. The maximum Gasteiger partial charge on any atom is 0.344 e. The van der Waals surface area contributed by atoms with Gasteiger partial charge in [-0.25, -0.2) is 14.4 Å². The molecule has 0 N–H and O–H groups in total. The van der Waals surface area contributed by atoms with Crippen LogP contribution in [-0.4, -0.2) is 96.1 Å². The lowest BCUT2D eigenvalue weighted by Crippen LogP contribution is -2.59. The molecule has 6 unspecified atom stereocenters. The second-order valence-electron chi connectivity index (χ2n) is 33.8. The normalized spacial score (nSPS) is 34.7. The Labute approximate surface area is 617 Å². The lowest BCUT2D eigenvalue weighted by Gasteiger charge is -2.60. The van der Waals surface area contributed by atoms with E-state index in [9.17, 15) is 38.4 Å². The number of carbonyl (C=O) groups is 8. The summed E-state index contributed by atoms with van der Waals surface area (Å²) in [6, 6.07) is 0. The molecule has 6 atom stereocenters. The predicted molar refractivity (Wildman–Crippen MR) is 405 cm³/mol. The summed E-state index contributed by atoms with van der Waals surface area (Å²) in [5.41, 5.74) is -2.32. The molecule has 16 heteroatoms. The molecule has 0 amide bonds. The zero-order chi connectivity index (χ0) is 67.6. The summed E-state index contributed by atoms with van der Waals surface area (Å²) >= 11 is 0. The van der Waals surface area contributed by atoms with Crippen molar-refractivity contribution < 1.29 is 76.3 Å². The zero-order valence-corrected chi connectivity index (χ0v) is 59.8. The molecule has 101 heavy (non-hydrogen) atoms. The molecule has 14 bridgehead atoms. The van der Waals surface area contributed by atoms with Crippen LogP contribution in [0.3, 0.4) is 0 Å². The van der Waals surface area contributed by atoms with E-state index in [2.05, 4.69) is 27.7 Å². The Morgan fingerprint density at radius 3 is 1.07 bits per heavy atom. The largest absolute Gasteiger partial charge is 0.462 e. The Morgan fingerprint density at radius 2 is 0.733 bits per heavy atom. The van der Waals surface area contributed by atoms with Crippen molar-refractivity contribution in [3.8, 4) is 0 Å². The highest BCUT2D eigenvalue weighted by atomic mass is 16.6. The van der Waals surface area contributed by atoms with Crippen LogP contribution < -0.4 is 0 Å². The van der Waals surface area contributed by atoms with Crippen molar-refractivity contribution >= 4 is 47.8 Å².